The third kappa shape index (κ3) is 1.04. The predicted octanol–water partition coefficient (Wildman–Crippen LogP) is -0.156. The Balaban J connectivity index is 2.55. The first-order valence-corrected chi connectivity index (χ1v) is 3.70. The maximum Gasteiger partial charge on any atom is 0.250 e. The van der Waals surface area contributed by atoms with Gasteiger partial charge in [0.2, 0.25) is 0 Å². The molecular weight excluding hydrogens is 154 g/mol. The Morgan fingerprint density at radius 1 is 1.42 bits per heavy atom. The molecule has 62 valence electrons. The second kappa shape index (κ2) is 2.86. The summed E-state index contributed by atoms with van der Waals surface area (Å²) in [5, 5.41) is 7.15. The maximum atomic E-state index is 4.11. The van der Waals surface area contributed by atoms with E-state index in [1.807, 2.05) is 7.05 Å². The molecule has 2 aromatic rings. The number of rotatable bonds is 2. The van der Waals surface area contributed by atoms with E-state index >= 15 is 0 Å². The van der Waals surface area contributed by atoms with Gasteiger partial charge < -0.3 is 5.32 Å². The topological polar surface area (TPSA) is 55.1 Å². The van der Waals surface area contributed by atoms with Crippen molar-refractivity contribution in [2.75, 3.05) is 7.05 Å². The van der Waals surface area contributed by atoms with E-state index in [1.54, 1.807) is 23.1 Å². The van der Waals surface area contributed by atoms with Crippen LogP contribution in [0.2, 0.25) is 0 Å². The predicted molar refractivity (Wildman–Crippen MR) is 43.5 cm³/mol. The summed E-state index contributed by atoms with van der Waals surface area (Å²) in [6, 6.07) is 0. The van der Waals surface area contributed by atoms with Crippen LogP contribution in [-0.4, -0.2) is 26.6 Å². The van der Waals surface area contributed by atoms with E-state index in [-0.39, 0.29) is 0 Å². The van der Waals surface area contributed by atoms with Crippen molar-refractivity contribution in [3.05, 3.63) is 24.3 Å². The van der Waals surface area contributed by atoms with Crippen molar-refractivity contribution in [3.8, 4) is 0 Å². The van der Waals surface area contributed by atoms with Crippen molar-refractivity contribution >= 4 is 5.78 Å². The molecule has 0 saturated heterocycles. The van der Waals surface area contributed by atoms with Crippen molar-refractivity contribution in [1.29, 1.82) is 0 Å². The molecule has 5 heteroatoms. The van der Waals surface area contributed by atoms with E-state index in [9.17, 15) is 0 Å². The number of hydrogen-bond donors (Lipinski definition) is 1. The Morgan fingerprint density at radius 2 is 2.33 bits per heavy atom. The van der Waals surface area contributed by atoms with E-state index in [0.717, 1.165) is 12.2 Å². The molecule has 0 fully saturated rings. The van der Waals surface area contributed by atoms with Gasteiger partial charge in [0.15, 0.2) is 0 Å². The molecule has 12 heavy (non-hydrogen) atoms. The largest absolute Gasteiger partial charge is 0.314 e. The SMILES string of the molecule is CNCc1cnc2nccnn12. The quantitative estimate of drug-likeness (QED) is 0.668. The van der Waals surface area contributed by atoms with Crippen LogP contribution in [0.1, 0.15) is 5.69 Å². The third-order valence-corrected chi connectivity index (χ3v) is 1.59. The first kappa shape index (κ1) is 7.17. The van der Waals surface area contributed by atoms with E-state index in [0.29, 0.717) is 5.78 Å². The number of nitrogens with one attached hydrogen (secondary N) is 1. The highest BCUT2D eigenvalue weighted by molar-refractivity contribution is 5.27. The van der Waals surface area contributed by atoms with Gasteiger partial charge in [0, 0.05) is 6.54 Å². The molecule has 2 aromatic heterocycles. The Labute approximate surface area is 69.5 Å². The molecule has 5 nitrogen and oxygen atoms in total. The Kier molecular flexibility index (Phi) is 1.71. The fourth-order valence-corrected chi connectivity index (χ4v) is 1.08. The Hall–Kier alpha value is -1.49. The van der Waals surface area contributed by atoms with Crippen LogP contribution >= 0.6 is 0 Å². The van der Waals surface area contributed by atoms with Crippen LogP contribution in [0.4, 0.5) is 0 Å². The lowest BCUT2D eigenvalue weighted by Crippen LogP contribution is -2.08. The van der Waals surface area contributed by atoms with Gasteiger partial charge in [-0.3, -0.25) is 0 Å². The van der Waals surface area contributed by atoms with Crippen LogP contribution in [0.5, 0.6) is 0 Å². The lowest BCUT2D eigenvalue weighted by atomic mass is 10.5. The molecule has 2 rings (SSSR count). The molecule has 0 bridgehead atoms. The van der Waals surface area contributed by atoms with Gasteiger partial charge in [0.05, 0.1) is 24.3 Å². The zero-order chi connectivity index (χ0) is 8.39. The minimum atomic E-state index is 0.641. The average molecular weight is 163 g/mol. The van der Waals surface area contributed by atoms with Gasteiger partial charge >= 0.3 is 0 Å². The lowest BCUT2D eigenvalue weighted by Gasteiger charge is -1.96. The van der Waals surface area contributed by atoms with Crippen LogP contribution in [0.15, 0.2) is 18.6 Å². The number of imidazole rings is 1. The summed E-state index contributed by atoms with van der Waals surface area (Å²) in [5.41, 5.74) is 1.01. The van der Waals surface area contributed by atoms with Gasteiger partial charge in [0.1, 0.15) is 0 Å². The van der Waals surface area contributed by atoms with E-state index in [4.69, 9.17) is 0 Å². The molecule has 1 N–H and O–H groups in total. The van der Waals surface area contributed by atoms with Crippen LogP contribution in [0.25, 0.3) is 5.78 Å². The molecule has 0 amide bonds. The van der Waals surface area contributed by atoms with Crippen LogP contribution in [0.3, 0.4) is 0 Å². The molecule has 2 heterocycles. The summed E-state index contributed by atoms with van der Waals surface area (Å²) in [7, 11) is 1.88. The molecule has 0 aromatic carbocycles. The number of hydrogen-bond acceptors (Lipinski definition) is 4. The van der Waals surface area contributed by atoms with Gasteiger partial charge in [0.25, 0.3) is 5.78 Å². The Morgan fingerprint density at radius 3 is 3.17 bits per heavy atom. The third-order valence-electron chi connectivity index (χ3n) is 1.59. The molecule has 0 aliphatic heterocycles. The average Bonchev–Trinajstić information content (AvgIpc) is 2.50. The summed E-state index contributed by atoms with van der Waals surface area (Å²) in [4.78, 5) is 8.13. The lowest BCUT2D eigenvalue weighted by molar-refractivity contribution is 0.743. The van der Waals surface area contributed by atoms with Gasteiger partial charge in [-0.2, -0.15) is 5.10 Å². The van der Waals surface area contributed by atoms with Crippen molar-refractivity contribution in [1.82, 2.24) is 24.9 Å². The summed E-state index contributed by atoms with van der Waals surface area (Å²) in [6.07, 6.45) is 5.05. The van der Waals surface area contributed by atoms with Gasteiger partial charge in [-0.15, -0.1) is 0 Å². The van der Waals surface area contributed by atoms with Crippen molar-refractivity contribution in [2.24, 2.45) is 0 Å². The number of nitrogens with zero attached hydrogens (tertiary/aromatic N) is 4. The van der Waals surface area contributed by atoms with E-state index in [2.05, 4.69) is 20.4 Å². The smallest absolute Gasteiger partial charge is 0.250 e. The highest BCUT2D eigenvalue weighted by Crippen LogP contribution is 1.99. The minimum absolute atomic E-state index is 0.641. The van der Waals surface area contributed by atoms with Gasteiger partial charge in [-0.05, 0) is 7.05 Å². The number of aromatic nitrogens is 4. The van der Waals surface area contributed by atoms with E-state index in [1.165, 1.54) is 0 Å². The van der Waals surface area contributed by atoms with Gasteiger partial charge in [-0.1, -0.05) is 0 Å². The number of fused-ring (bicyclic) bond motifs is 1. The molecule has 0 unspecified atom stereocenters. The first-order chi connectivity index (χ1) is 5.92. The fraction of sp³-hybridized carbons (Fsp3) is 0.286. The normalized spacial score (nSPS) is 10.8. The molecule has 0 atom stereocenters. The molecule has 0 saturated carbocycles. The zero-order valence-corrected chi connectivity index (χ0v) is 6.73. The molecule has 0 aliphatic carbocycles. The molecule has 0 radical (unpaired) electrons. The van der Waals surface area contributed by atoms with Crippen molar-refractivity contribution < 1.29 is 0 Å². The fourth-order valence-electron chi connectivity index (χ4n) is 1.08. The van der Waals surface area contributed by atoms with Crippen molar-refractivity contribution in [2.45, 2.75) is 6.54 Å². The zero-order valence-electron chi connectivity index (χ0n) is 6.73. The summed E-state index contributed by atoms with van der Waals surface area (Å²) >= 11 is 0. The molecular formula is C7H9N5. The Bertz CT molecular complexity index is 380. The van der Waals surface area contributed by atoms with E-state index < -0.39 is 0 Å². The second-order valence-electron chi connectivity index (χ2n) is 2.43. The molecule has 0 aliphatic rings. The summed E-state index contributed by atoms with van der Waals surface area (Å²) < 4.78 is 1.72. The monoisotopic (exact) mass is 163 g/mol. The molecule has 0 spiro atoms. The summed E-state index contributed by atoms with van der Waals surface area (Å²) in [6.45, 7) is 0.750. The van der Waals surface area contributed by atoms with Crippen LogP contribution in [0, 0.1) is 0 Å². The maximum absolute atomic E-state index is 4.11. The highest BCUT2D eigenvalue weighted by Gasteiger charge is 2.01. The van der Waals surface area contributed by atoms with Crippen LogP contribution in [-0.2, 0) is 6.54 Å². The second-order valence-corrected chi connectivity index (χ2v) is 2.43. The van der Waals surface area contributed by atoms with Crippen molar-refractivity contribution in [3.63, 3.8) is 0 Å². The first-order valence-electron chi connectivity index (χ1n) is 3.70. The van der Waals surface area contributed by atoms with Gasteiger partial charge in [-0.25, -0.2) is 14.5 Å². The minimum Gasteiger partial charge on any atom is -0.314 e. The van der Waals surface area contributed by atoms with Crippen LogP contribution < -0.4 is 5.32 Å². The highest BCUT2D eigenvalue weighted by atomic mass is 15.3. The summed E-state index contributed by atoms with van der Waals surface area (Å²) in [5.74, 6) is 0.641. The standard InChI is InChI=1S/C7H9N5/c1-8-4-6-5-10-7-9-2-3-11-12(6)7/h2-3,5,8H,4H2,1H3.